The van der Waals surface area contributed by atoms with E-state index in [1.54, 1.807) is 27.7 Å². The summed E-state index contributed by atoms with van der Waals surface area (Å²) >= 11 is 0. The minimum atomic E-state index is -0.768. The second-order valence-corrected chi connectivity index (χ2v) is 9.29. The molecule has 1 saturated carbocycles. The quantitative estimate of drug-likeness (QED) is 0.585. The number of hydrogen-bond acceptors (Lipinski definition) is 4. The average Bonchev–Trinajstić information content (AvgIpc) is 2.81. The summed E-state index contributed by atoms with van der Waals surface area (Å²) < 4.78 is 10.5. The van der Waals surface area contributed by atoms with Crippen molar-refractivity contribution in [1.82, 2.24) is 5.32 Å². The Labute approximate surface area is 181 Å². The number of hydrogen-bond donors (Lipinski definition) is 1. The third-order valence-corrected chi connectivity index (χ3v) is 5.51. The van der Waals surface area contributed by atoms with Crippen molar-refractivity contribution < 1.29 is 19.1 Å². The van der Waals surface area contributed by atoms with Crippen molar-refractivity contribution in [2.45, 2.75) is 103 Å². The Balaban J connectivity index is 2.03. The fourth-order valence-electron chi connectivity index (χ4n) is 4.01. The van der Waals surface area contributed by atoms with E-state index in [9.17, 15) is 9.59 Å². The lowest BCUT2D eigenvalue weighted by molar-refractivity contribution is -0.145. The van der Waals surface area contributed by atoms with E-state index in [2.05, 4.69) is 29.6 Å². The third kappa shape index (κ3) is 8.76. The Morgan fingerprint density at radius 1 is 1.00 bits per heavy atom. The molecule has 1 aliphatic carbocycles. The molecular formula is C25H39NO4. The van der Waals surface area contributed by atoms with Crippen molar-refractivity contribution in [3.8, 4) is 0 Å². The summed E-state index contributed by atoms with van der Waals surface area (Å²) in [5.41, 5.74) is 1.76. The Hall–Kier alpha value is -2.04. The van der Waals surface area contributed by atoms with E-state index >= 15 is 0 Å². The van der Waals surface area contributed by atoms with Crippen LogP contribution in [0.1, 0.15) is 96.1 Å². The van der Waals surface area contributed by atoms with Crippen LogP contribution in [0.2, 0.25) is 0 Å². The lowest BCUT2D eigenvalue weighted by Gasteiger charge is -2.23. The molecule has 0 aliphatic heterocycles. The van der Waals surface area contributed by atoms with Crippen molar-refractivity contribution in [1.29, 1.82) is 0 Å². The van der Waals surface area contributed by atoms with Crippen LogP contribution < -0.4 is 5.32 Å². The largest absolute Gasteiger partial charge is 0.464 e. The number of alkyl carbamates (subject to hydrolysis) is 1. The molecule has 0 spiro atoms. The van der Waals surface area contributed by atoms with Gasteiger partial charge in [-0.25, -0.2) is 9.59 Å². The van der Waals surface area contributed by atoms with Gasteiger partial charge >= 0.3 is 12.1 Å². The van der Waals surface area contributed by atoms with Crippen LogP contribution in [-0.4, -0.2) is 30.3 Å². The minimum absolute atomic E-state index is 0.270. The summed E-state index contributed by atoms with van der Waals surface area (Å²) in [6.07, 6.45) is 10.3. The van der Waals surface area contributed by atoms with Crippen molar-refractivity contribution >= 4 is 12.1 Å². The molecule has 1 aliphatic rings. The van der Waals surface area contributed by atoms with Gasteiger partial charge in [0.05, 0.1) is 6.61 Å². The molecule has 5 nitrogen and oxygen atoms in total. The molecule has 2 rings (SSSR count). The molecule has 0 aromatic heterocycles. The lowest BCUT2D eigenvalue weighted by Crippen LogP contribution is -2.45. The highest BCUT2D eigenvalue weighted by atomic mass is 16.6. The van der Waals surface area contributed by atoms with E-state index in [-0.39, 0.29) is 6.61 Å². The van der Waals surface area contributed by atoms with Crippen molar-refractivity contribution in [2.24, 2.45) is 0 Å². The van der Waals surface area contributed by atoms with Gasteiger partial charge in [-0.15, -0.1) is 0 Å². The molecule has 1 aromatic rings. The van der Waals surface area contributed by atoms with Gasteiger partial charge in [0.25, 0.3) is 0 Å². The van der Waals surface area contributed by atoms with Gasteiger partial charge in [-0.05, 0) is 57.6 Å². The Kier molecular flexibility index (Phi) is 9.67. The fourth-order valence-corrected chi connectivity index (χ4v) is 4.01. The van der Waals surface area contributed by atoms with Crippen LogP contribution in [0, 0.1) is 0 Å². The van der Waals surface area contributed by atoms with Crippen molar-refractivity contribution in [3.63, 3.8) is 0 Å². The number of nitrogens with one attached hydrogen (secondary N) is 1. The van der Waals surface area contributed by atoms with E-state index in [1.165, 1.54) is 56.9 Å². The van der Waals surface area contributed by atoms with Gasteiger partial charge < -0.3 is 14.8 Å². The van der Waals surface area contributed by atoms with Gasteiger partial charge in [-0.1, -0.05) is 62.8 Å². The summed E-state index contributed by atoms with van der Waals surface area (Å²) in [5, 5.41) is 2.67. The molecule has 1 fully saturated rings. The first-order chi connectivity index (χ1) is 14.3. The van der Waals surface area contributed by atoms with Crippen LogP contribution in [0.5, 0.6) is 0 Å². The van der Waals surface area contributed by atoms with Crippen LogP contribution >= 0.6 is 0 Å². The van der Waals surface area contributed by atoms with Crippen molar-refractivity contribution in [2.75, 3.05) is 6.61 Å². The zero-order valence-electron chi connectivity index (χ0n) is 19.2. The van der Waals surface area contributed by atoms with E-state index in [4.69, 9.17) is 9.47 Å². The number of ether oxygens (including phenoxy) is 2. The first-order valence-electron chi connectivity index (χ1n) is 11.5. The molecule has 1 aromatic carbocycles. The van der Waals surface area contributed by atoms with Crippen molar-refractivity contribution in [3.05, 3.63) is 35.4 Å². The predicted octanol–water partition coefficient (Wildman–Crippen LogP) is 5.90. The minimum Gasteiger partial charge on any atom is -0.464 e. The van der Waals surface area contributed by atoms with Gasteiger partial charge in [0, 0.05) is 6.42 Å². The second kappa shape index (κ2) is 12.0. The first kappa shape index (κ1) is 24.2. The third-order valence-electron chi connectivity index (χ3n) is 5.51. The molecule has 0 saturated heterocycles. The van der Waals surface area contributed by atoms with Crippen LogP contribution in [-0.2, 0) is 20.7 Å². The number of benzene rings is 1. The summed E-state index contributed by atoms with van der Waals surface area (Å²) in [5.74, 6) is 0.182. The van der Waals surface area contributed by atoms with E-state index in [1.807, 2.05) is 0 Å². The predicted molar refractivity (Wildman–Crippen MR) is 120 cm³/mol. The van der Waals surface area contributed by atoms with Crippen LogP contribution in [0.25, 0.3) is 0 Å². The zero-order chi connectivity index (χ0) is 22.0. The molecule has 1 atom stereocenters. The average molecular weight is 418 g/mol. The van der Waals surface area contributed by atoms with Gasteiger partial charge in [0.1, 0.15) is 11.6 Å². The van der Waals surface area contributed by atoms with E-state index < -0.39 is 23.7 Å². The standard InChI is InChI=1S/C25H39NO4/c1-5-29-23(27)22(26-24(28)30-25(2,3)4)18-19-14-16-21(17-15-19)20-12-10-8-6-7-9-11-13-20/h14-17,20,22H,5-13,18H2,1-4H3,(H,26,28). The Morgan fingerprint density at radius 2 is 1.57 bits per heavy atom. The summed E-state index contributed by atoms with van der Waals surface area (Å²) in [4.78, 5) is 24.5. The number of carbonyl (C=O) groups excluding carboxylic acids is 2. The second-order valence-electron chi connectivity index (χ2n) is 9.29. The summed E-state index contributed by atoms with van der Waals surface area (Å²) in [6, 6.07) is 7.76. The highest BCUT2D eigenvalue weighted by Gasteiger charge is 2.26. The molecule has 1 unspecified atom stereocenters. The van der Waals surface area contributed by atoms with Crippen LogP contribution in [0.4, 0.5) is 4.79 Å². The van der Waals surface area contributed by atoms with E-state index in [0.717, 1.165) is 5.56 Å². The molecule has 1 amide bonds. The zero-order valence-corrected chi connectivity index (χ0v) is 19.2. The van der Waals surface area contributed by atoms with Gasteiger partial charge in [0.15, 0.2) is 0 Å². The molecule has 30 heavy (non-hydrogen) atoms. The highest BCUT2D eigenvalue weighted by molar-refractivity contribution is 5.81. The SMILES string of the molecule is CCOC(=O)C(Cc1ccc(C2CCCCCCCC2)cc1)NC(=O)OC(C)(C)C. The molecule has 168 valence electrons. The van der Waals surface area contributed by atoms with Gasteiger partial charge in [0.2, 0.25) is 0 Å². The highest BCUT2D eigenvalue weighted by Crippen LogP contribution is 2.30. The summed E-state index contributed by atoms with van der Waals surface area (Å²) in [6.45, 7) is 7.41. The lowest BCUT2D eigenvalue weighted by atomic mass is 9.89. The molecular weight excluding hydrogens is 378 g/mol. The molecule has 5 heteroatoms. The maximum Gasteiger partial charge on any atom is 0.408 e. The number of carbonyl (C=O) groups is 2. The monoisotopic (exact) mass is 417 g/mol. The van der Waals surface area contributed by atoms with Crippen LogP contribution in [0.3, 0.4) is 0 Å². The smallest absolute Gasteiger partial charge is 0.408 e. The van der Waals surface area contributed by atoms with E-state index in [0.29, 0.717) is 12.3 Å². The number of amides is 1. The Bertz CT molecular complexity index is 653. The molecule has 1 N–H and O–H groups in total. The number of rotatable bonds is 6. The fraction of sp³-hybridized carbons (Fsp3) is 0.680. The molecule has 0 radical (unpaired) electrons. The molecule has 0 bridgehead atoms. The summed E-state index contributed by atoms with van der Waals surface area (Å²) in [7, 11) is 0. The topological polar surface area (TPSA) is 64.6 Å². The normalized spacial score (nSPS) is 17.2. The maximum atomic E-state index is 12.4. The first-order valence-corrected chi connectivity index (χ1v) is 11.5. The maximum absolute atomic E-state index is 12.4. The van der Waals surface area contributed by atoms with Crippen LogP contribution in [0.15, 0.2) is 24.3 Å². The molecule has 0 heterocycles. The van der Waals surface area contributed by atoms with Gasteiger partial charge in [-0.2, -0.15) is 0 Å². The van der Waals surface area contributed by atoms with Gasteiger partial charge in [-0.3, -0.25) is 0 Å². The number of esters is 1. The Morgan fingerprint density at radius 3 is 2.10 bits per heavy atom.